The number of fused-ring (bicyclic) bond motifs is 4. The van der Waals surface area contributed by atoms with E-state index in [-0.39, 0.29) is 12.5 Å². The maximum atomic E-state index is 12.8. The molecule has 0 bridgehead atoms. The van der Waals surface area contributed by atoms with Crippen LogP contribution in [-0.4, -0.2) is 33.9 Å². The Hall–Kier alpha value is -2.47. The number of amides is 1. The number of carbonyl (C=O) groups excluding carboxylic acids is 1. The molecule has 5 nitrogen and oxygen atoms in total. The van der Waals surface area contributed by atoms with Gasteiger partial charge in [0.05, 0.1) is 5.39 Å². The molecule has 0 fully saturated rings. The topological polar surface area (TPSA) is 55.3 Å². The molecule has 0 spiro atoms. The largest absolute Gasteiger partial charge is 0.467 e. The van der Waals surface area contributed by atoms with E-state index in [4.69, 9.17) is 4.74 Å². The van der Waals surface area contributed by atoms with Gasteiger partial charge in [-0.3, -0.25) is 4.79 Å². The van der Waals surface area contributed by atoms with Crippen molar-refractivity contribution in [2.45, 2.75) is 45.1 Å². The number of hydrogen-bond acceptors (Lipinski definition) is 5. The van der Waals surface area contributed by atoms with E-state index >= 15 is 0 Å². The van der Waals surface area contributed by atoms with Gasteiger partial charge in [-0.05, 0) is 48.8 Å². The lowest BCUT2D eigenvalue weighted by molar-refractivity contribution is -0.134. The molecule has 1 aliphatic heterocycles. The molecule has 0 atom stereocenters. The summed E-state index contributed by atoms with van der Waals surface area (Å²) in [6, 6.07) is 8.34. The molecule has 3 aromatic rings. The maximum Gasteiger partial charge on any atom is 0.260 e. The van der Waals surface area contributed by atoms with Gasteiger partial charge < -0.3 is 9.64 Å². The first-order valence-corrected chi connectivity index (χ1v) is 10.8. The van der Waals surface area contributed by atoms with Gasteiger partial charge in [0.15, 0.2) is 6.61 Å². The van der Waals surface area contributed by atoms with Crippen LogP contribution in [0, 0.1) is 0 Å². The van der Waals surface area contributed by atoms with E-state index < -0.39 is 0 Å². The van der Waals surface area contributed by atoms with Gasteiger partial charge in [-0.25, -0.2) is 9.97 Å². The van der Waals surface area contributed by atoms with Crippen molar-refractivity contribution in [3.05, 3.63) is 52.2 Å². The number of thiophene rings is 1. The summed E-state index contributed by atoms with van der Waals surface area (Å²) in [6.45, 7) is 1.43. The van der Waals surface area contributed by atoms with Gasteiger partial charge in [0, 0.05) is 18.0 Å². The lowest BCUT2D eigenvalue weighted by Gasteiger charge is -2.28. The fourth-order valence-corrected chi connectivity index (χ4v) is 5.50. The van der Waals surface area contributed by atoms with Crippen molar-refractivity contribution in [3.8, 4) is 5.88 Å². The van der Waals surface area contributed by atoms with E-state index in [0.29, 0.717) is 12.4 Å². The molecule has 0 saturated carbocycles. The van der Waals surface area contributed by atoms with E-state index in [0.717, 1.165) is 36.0 Å². The zero-order valence-electron chi connectivity index (χ0n) is 15.8. The van der Waals surface area contributed by atoms with Crippen molar-refractivity contribution in [1.82, 2.24) is 14.9 Å². The van der Waals surface area contributed by atoms with E-state index in [1.54, 1.807) is 17.7 Å². The molecule has 0 saturated heterocycles. The van der Waals surface area contributed by atoms with Crippen molar-refractivity contribution >= 4 is 27.5 Å². The summed E-state index contributed by atoms with van der Waals surface area (Å²) in [7, 11) is 0. The molecule has 1 amide bonds. The zero-order chi connectivity index (χ0) is 18.9. The zero-order valence-corrected chi connectivity index (χ0v) is 16.6. The fourth-order valence-electron chi connectivity index (χ4n) is 4.28. The van der Waals surface area contributed by atoms with Gasteiger partial charge in [0.25, 0.3) is 5.91 Å². The molecule has 2 aliphatic rings. The molecule has 1 aliphatic carbocycles. The monoisotopic (exact) mass is 393 g/mol. The summed E-state index contributed by atoms with van der Waals surface area (Å²) in [6.07, 6.45) is 8.31. The second kappa shape index (κ2) is 7.51. The van der Waals surface area contributed by atoms with Gasteiger partial charge in [-0.1, -0.05) is 30.7 Å². The minimum absolute atomic E-state index is 0.0163. The average molecular weight is 394 g/mol. The van der Waals surface area contributed by atoms with Crippen LogP contribution in [0.4, 0.5) is 0 Å². The van der Waals surface area contributed by atoms with E-state index in [1.165, 1.54) is 40.8 Å². The predicted molar refractivity (Wildman–Crippen MR) is 110 cm³/mol. The minimum Gasteiger partial charge on any atom is -0.467 e. The first-order chi connectivity index (χ1) is 13.8. The van der Waals surface area contributed by atoms with Crippen LogP contribution in [0.5, 0.6) is 5.88 Å². The quantitative estimate of drug-likeness (QED) is 0.633. The Morgan fingerprint density at radius 3 is 2.86 bits per heavy atom. The Bertz CT molecular complexity index is 1030. The van der Waals surface area contributed by atoms with Crippen LogP contribution in [0.1, 0.15) is 40.8 Å². The molecule has 28 heavy (non-hydrogen) atoms. The smallest absolute Gasteiger partial charge is 0.260 e. The Morgan fingerprint density at radius 1 is 1.07 bits per heavy atom. The highest BCUT2D eigenvalue weighted by atomic mass is 32.1. The van der Waals surface area contributed by atoms with Crippen LogP contribution < -0.4 is 4.74 Å². The van der Waals surface area contributed by atoms with E-state index in [9.17, 15) is 4.79 Å². The van der Waals surface area contributed by atoms with Crippen LogP contribution in [0.3, 0.4) is 0 Å². The third-order valence-corrected chi connectivity index (χ3v) is 6.98. The first-order valence-electron chi connectivity index (χ1n) is 10.0. The van der Waals surface area contributed by atoms with Crippen LogP contribution in [0.25, 0.3) is 10.2 Å². The van der Waals surface area contributed by atoms with Crippen LogP contribution >= 0.6 is 11.3 Å². The molecule has 0 N–H and O–H groups in total. The highest BCUT2D eigenvalue weighted by molar-refractivity contribution is 7.18. The second-order valence-electron chi connectivity index (χ2n) is 7.55. The van der Waals surface area contributed by atoms with Gasteiger partial charge >= 0.3 is 0 Å². The van der Waals surface area contributed by atoms with Crippen molar-refractivity contribution in [2.24, 2.45) is 0 Å². The summed E-state index contributed by atoms with van der Waals surface area (Å²) in [5.74, 6) is 0.581. The number of nitrogens with zero attached hydrogens (tertiary/aromatic N) is 3. The molecule has 3 heterocycles. The summed E-state index contributed by atoms with van der Waals surface area (Å²) in [5.41, 5.74) is 3.91. The minimum atomic E-state index is 0.0163. The molecular formula is C22H23N3O2S. The number of carbonyl (C=O) groups is 1. The molecular weight excluding hydrogens is 370 g/mol. The van der Waals surface area contributed by atoms with Gasteiger partial charge in [0.2, 0.25) is 5.88 Å². The van der Waals surface area contributed by atoms with E-state index in [1.807, 2.05) is 11.0 Å². The molecule has 0 radical (unpaired) electrons. The Balaban J connectivity index is 1.34. The molecule has 144 valence electrons. The first kappa shape index (κ1) is 17.6. The SMILES string of the molecule is O=C(COc1ncnc2sc3c(c12)CCCCC3)N1CCc2ccccc2C1. The Kier molecular flexibility index (Phi) is 4.72. The lowest BCUT2D eigenvalue weighted by Crippen LogP contribution is -2.38. The number of ether oxygens (including phenoxy) is 1. The van der Waals surface area contributed by atoms with E-state index in [2.05, 4.69) is 28.2 Å². The number of hydrogen-bond donors (Lipinski definition) is 0. The molecule has 1 aromatic carbocycles. The maximum absolute atomic E-state index is 12.8. The number of rotatable bonds is 3. The standard InChI is InChI=1S/C22H23N3O2S/c26-19(25-11-10-15-6-4-5-7-16(15)12-25)13-27-21-20-17-8-2-1-3-9-18(17)28-22(20)24-14-23-21/h4-7,14H,1-3,8-13H2. The summed E-state index contributed by atoms with van der Waals surface area (Å²) in [5, 5.41) is 1.03. The van der Waals surface area contributed by atoms with Crippen molar-refractivity contribution in [2.75, 3.05) is 13.2 Å². The molecule has 2 aromatic heterocycles. The second-order valence-corrected chi connectivity index (χ2v) is 8.63. The summed E-state index contributed by atoms with van der Waals surface area (Å²) >= 11 is 1.76. The van der Waals surface area contributed by atoms with Crippen molar-refractivity contribution in [1.29, 1.82) is 0 Å². The van der Waals surface area contributed by atoms with Gasteiger partial charge in [0.1, 0.15) is 11.2 Å². The molecule has 5 rings (SSSR count). The number of aryl methyl sites for hydroxylation is 2. The Labute approximate surface area is 168 Å². The normalized spacial score (nSPS) is 16.4. The van der Waals surface area contributed by atoms with Crippen molar-refractivity contribution in [3.63, 3.8) is 0 Å². The van der Waals surface area contributed by atoms with Gasteiger partial charge in [-0.15, -0.1) is 11.3 Å². The molecule has 6 heteroatoms. The fraction of sp³-hybridized carbons (Fsp3) is 0.409. The van der Waals surface area contributed by atoms with Crippen molar-refractivity contribution < 1.29 is 9.53 Å². The third kappa shape index (κ3) is 3.26. The highest BCUT2D eigenvalue weighted by Crippen LogP contribution is 2.38. The lowest BCUT2D eigenvalue weighted by atomic mass is 10.00. The highest BCUT2D eigenvalue weighted by Gasteiger charge is 2.23. The number of aromatic nitrogens is 2. The van der Waals surface area contributed by atoms with Crippen LogP contribution in [-0.2, 0) is 30.6 Å². The Morgan fingerprint density at radius 2 is 1.93 bits per heavy atom. The average Bonchev–Trinajstić information content (AvgIpc) is 2.93. The number of benzene rings is 1. The van der Waals surface area contributed by atoms with Gasteiger partial charge in [-0.2, -0.15) is 0 Å². The summed E-state index contributed by atoms with van der Waals surface area (Å²) in [4.78, 5) is 25.9. The van der Waals surface area contributed by atoms with Crippen LogP contribution in [0.15, 0.2) is 30.6 Å². The van der Waals surface area contributed by atoms with Crippen LogP contribution in [0.2, 0.25) is 0 Å². The molecule has 0 unspecified atom stereocenters. The summed E-state index contributed by atoms with van der Waals surface area (Å²) < 4.78 is 5.95. The predicted octanol–water partition coefficient (Wildman–Crippen LogP) is 3.92. The third-order valence-electron chi connectivity index (χ3n) is 5.78.